The normalized spacial score (nSPS) is 12.5. The van der Waals surface area contributed by atoms with E-state index in [2.05, 4.69) is 0 Å². The van der Waals surface area contributed by atoms with Crippen LogP contribution in [-0.2, 0) is 0 Å². The van der Waals surface area contributed by atoms with Crippen LogP contribution < -0.4 is 5.73 Å². The summed E-state index contributed by atoms with van der Waals surface area (Å²) in [5.74, 6) is 0. The lowest BCUT2D eigenvalue weighted by atomic mass is 10.0. The molecule has 1 aromatic rings. The van der Waals surface area contributed by atoms with Crippen molar-refractivity contribution < 1.29 is 10.0 Å². The molecule has 3 N–H and O–H groups in total. The summed E-state index contributed by atoms with van der Waals surface area (Å²) in [7, 11) is 0. The Kier molecular flexibility index (Phi) is 3.76. The Morgan fingerprint density at radius 1 is 1.60 bits per heavy atom. The van der Waals surface area contributed by atoms with Gasteiger partial charge in [-0.25, -0.2) is 0 Å². The number of hydrogen-bond donors (Lipinski definition) is 2. The molecule has 0 aromatic heterocycles. The number of nitrogens with two attached hydrogens (primary N) is 1. The number of aliphatic hydroxyl groups is 1. The second-order valence-electron chi connectivity index (χ2n) is 3.40. The van der Waals surface area contributed by atoms with Gasteiger partial charge in [-0.1, -0.05) is 12.1 Å². The van der Waals surface area contributed by atoms with E-state index in [1.54, 1.807) is 19.1 Å². The predicted octanol–water partition coefficient (Wildman–Crippen LogP) is 1.29. The molecule has 82 valence electrons. The Hall–Kier alpha value is -1.46. The Bertz CT molecular complexity index is 366. The van der Waals surface area contributed by atoms with E-state index in [1.165, 1.54) is 6.07 Å². The van der Waals surface area contributed by atoms with Crippen molar-refractivity contribution >= 4 is 5.69 Å². The zero-order chi connectivity index (χ0) is 11.4. The first-order chi connectivity index (χ1) is 7.06. The highest BCUT2D eigenvalue weighted by atomic mass is 16.6. The van der Waals surface area contributed by atoms with E-state index >= 15 is 0 Å². The number of nitro benzene ring substituents is 1. The maximum atomic E-state index is 10.7. The molecule has 1 aromatic carbocycles. The van der Waals surface area contributed by atoms with Crippen molar-refractivity contribution in [3.63, 3.8) is 0 Å². The third-order valence-corrected chi connectivity index (χ3v) is 2.25. The molecule has 5 nitrogen and oxygen atoms in total. The van der Waals surface area contributed by atoms with E-state index < -0.39 is 11.0 Å². The first-order valence-corrected chi connectivity index (χ1v) is 4.69. The van der Waals surface area contributed by atoms with Gasteiger partial charge in [-0.15, -0.1) is 0 Å². The van der Waals surface area contributed by atoms with E-state index in [4.69, 9.17) is 5.73 Å². The van der Waals surface area contributed by atoms with E-state index in [1.807, 2.05) is 0 Å². The number of benzene rings is 1. The Balaban J connectivity index is 3.02. The first kappa shape index (κ1) is 11.6. The Labute approximate surface area is 87.7 Å². The van der Waals surface area contributed by atoms with Crippen LogP contribution in [0.5, 0.6) is 0 Å². The molecule has 0 fully saturated rings. The topological polar surface area (TPSA) is 89.4 Å². The quantitative estimate of drug-likeness (QED) is 0.578. The second kappa shape index (κ2) is 4.86. The van der Waals surface area contributed by atoms with Crippen molar-refractivity contribution in [1.29, 1.82) is 0 Å². The molecule has 0 spiro atoms. The second-order valence-corrected chi connectivity index (χ2v) is 3.40. The minimum absolute atomic E-state index is 0.0311. The van der Waals surface area contributed by atoms with Gasteiger partial charge in [0.1, 0.15) is 0 Å². The molecule has 15 heavy (non-hydrogen) atoms. The number of aliphatic hydroxyl groups excluding tert-OH is 1. The standard InChI is InChI=1S/C10H14N2O3/c1-7-2-3-8(10(13)4-5-11)6-9(7)12(14)15/h2-3,6,10,13H,4-5,11H2,1H3/t10-/m1/s1. The SMILES string of the molecule is Cc1ccc([C@H](O)CCN)cc1[N+](=O)[O-]. The van der Waals surface area contributed by atoms with Crippen LogP contribution in [0, 0.1) is 17.0 Å². The molecule has 1 rings (SSSR count). The van der Waals surface area contributed by atoms with Crippen molar-refractivity contribution in [2.75, 3.05) is 6.54 Å². The van der Waals surface area contributed by atoms with Gasteiger partial charge in [-0.3, -0.25) is 10.1 Å². The lowest BCUT2D eigenvalue weighted by molar-refractivity contribution is -0.385. The van der Waals surface area contributed by atoms with Gasteiger partial charge in [0.2, 0.25) is 0 Å². The summed E-state index contributed by atoms with van der Waals surface area (Å²) in [5.41, 5.74) is 6.46. The van der Waals surface area contributed by atoms with Crippen molar-refractivity contribution in [3.8, 4) is 0 Å². The molecule has 0 saturated heterocycles. The molecule has 0 aliphatic rings. The van der Waals surface area contributed by atoms with Crippen LogP contribution in [0.25, 0.3) is 0 Å². The largest absolute Gasteiger partial charge is 0.388 e. The monoisotopic (exact) mass is 210 g/mol. The van der Waals surface area contributed by atoms with Gasteiger partial charge in [0.15, 0.2) is 0 Å². The summed E-state index contributed by atoms with van der Waals surface area (Å²) in [6.07, 6.45) is -0.325. The van der Waals surface area contributed by atoms with Gasteiger partial charge < -0.3 is 10.8 Å². The number of nitrogens with zero attached hydrogens (tertiary/aromatic N) is 1. The lowest BCUT2D eigenvalue weighted by Crippen LogP contribution is -2.07. The Morgan fingerprint density at radius 3 is 2.80 bits per heavy atom. The van der Waals surface area contributed by atoms with Crippen molar-refractivity contribution in [2.24, 2.45) is 5.73 Å². The van der Waals surface area contributed by atoms with Crippen LogP contribution in [0.3, 0.4) is 0 Å². The maximum absolute atomic E-state index is 10.7. The molecule has 0 aliphatic carbocycles. The van der Waals surface area contributed by atoms with Crippen molar-refractivity contribution in [1.82, 2.24) is 0 Å². The van der Waals surface area contributed by atoms with Gasteiger partial charge in [0.25, 0.3) is 5.69 Å². The van der Waals surface area contributed by atoms with Crippen LogP contribution in [-0.4, -0.2) is 16.6 Å². The molecule has 0 heterocycles. The first-order valence-electron chi connectivity index (χ1n) is 4.69. The molecule has 0 amide bonds. The molecule has 0 radical (unpaired) electrons. The third kappa shape index (κ3) is 2.74. The minimum Gasteiger partial charge on any atom is -0.388 e. The van der Waals surface area contributed by atoms with E-state index in [0.717, 1.165) is 0 Å². The van der Waals surface area contributed by atoms with Crippen molar-refractivity contribution in [3.05, 3.63) is 39.4 Å². The van der Waals surface area contributed by atoms with Crippen LogP contribution in [0.2, 0.25) is 0 Å². The summed E-state index contributed by atoms with van der Waals surface area (Å²) >= 11 is 0. The number of rotatable bonds is 4. The van der Waals surface area contributed by atoms with Crippen LogP contribution >= 0.6 is 0 Å². The molecule has 0 bridgehead atoms. The third-order valence-electron chi connectivity index (χ3n) is 2.25. The summed E-state index contributed by atoms with van der Waals surface area (Å²) < 4.78 is 0. The van der Waals surface area contributed by atoms with Gasteiger partial charge in [-0.05, 0) is 25.5 Å². The highest BCUT2D eigenvalue weighted by Crippen LogP contribution is 2.24. The number of hydrogen-bond acceptors (Lipinski definition) is 4. The Morgan fingerprint density at radius 2 is 2.27 bits per heavy atom. The lowest BCUT2D eigenvalue weighted by Gasteiger charge is -2.09. The summed E-state index contributed by atoms with van der Waals surface area (Å²) in [6, 6.07) is 4.71. The fourth-order valence-corrected chi connectivity index (χ4v) is 1.35. The molecule has 0 aliphatic heterocycles. The van der Waals surface area contributed by atoms with Gasteiger partial charge in [0.05, 0.1) is 11.0 Å². The highest BCUT2D eigenvalue weighted by Gasteiger charge is 2.14. The van der Waals surface area contributed by atoms with E-state index in [0.29, 0.717) is 24.1 Å². The van der Waals surface area contributed by atoms with Crippen LogP contribution in [0.15, 0.2) is 18.2 Å². The fourth-order valence-electron chi connectivity index (χ4n) is 1.35. The zero-order valence-corrected chi connectivity index (χ0v) is 8.51. The molecular formula is C10H14N2O3. The van der Waals surface area contributed by atoms with Gasteiger partial charge in [0, 0.05) is 11.6 Å². The highest BCUT2D eigenvalue weighted by molar-refractivity contribution is 5.43. The number of aryl methyl sites for hydroxylation is 1. The van der Waals surface area contributed by atoms with Crippen molar-refractivity contribution in [2.45, 2.75) is 19.4 Å². The predicted molar refractivity (Wildman–Crippen MR) is 56.5 cm³/mol. The van der Waals surface area contributed by atoms with E-state index in [-0.39, 0.29) is 5.69 Å². The number of nitro groups is 1. The van der Waals surface area contributed by atoms with Gasteiger partial charge >= 0.3 is 0 Å². The molecule has 1 atom stereocenters. The fraction of sp³-hybridized carbons (Fsp3) is 0.400. The average Bonchev–Trinajstić information content (AvgIpc) is 2.18. The van der Waals surface area contributed by atoms with Crippen LogP contribution in [0.1, 0.15) is 23.7 Å². The molecule has 0 saturated carbocycles. The van der Waals surface area contributed by atoms with E-state index in [9.17, 15) is 15.2 Å². The summed E-state index contributed by atoms with van der Waals surface area (Å²) in [6.45, 7) is 2.01. The molecular weight excluding hydrogens is 196 g/mol. The minimum atomic E-state index is -0.728. The maximum Gasteiger partial charge on any atom is 0.272 e. The van der Waals surface area contributed by atoms with Gasteiger partial charge in [-0.2, -0.15) is 0 Å². The molecule has 0 unspecified atom stereocenters. The zero-order valence-electron chi connectivity index (χ0n) is 8.51. The molecule has 5 heteroatoms. The summed E-state index contributed by atoms with van der Waals surface area (Å²) in [5, 5.41) is 20.3. The average molecular weight is 210 g/mol. The summed E-state index contributed by atoms with van der Waals surface area (Å²) in [4.78, 5) is 10.2. The smallest absolute Gasteiger partial charge is 0.272 e. The van der Waals surface area contributed by atoms with Crippen LogP contribution in [0.4, 0.5) is 5.69 Å².